The van der Waals surface area contributed by atoms with Gasteiger partial charge in [-0.2, -0.15) is 0 Å². The van der Waals surface area contributed by atoms with E-state index >= 15 is 0 Å². The third-order valence-corrected chi connectivity index (χ3v) is 3.78. The first kappa shape index (κ1) is 16.7. The number of fused-ring (bicyclic) bond motifs is 1. The van der Waals surface area contributed by atoms with Crippen LogP contribution >= 0.6 is 0 Å². The summed E-state index contributed by atoms with van der Waals surface area (Å²) in [5.74, 6) is 0.203. The monoisotopic (exact) mass is 333 g/mol. The van der Waals surface area contributed by atoms with E-state index in [-0.39, 0.29) is 6.61 Å². The molecule has 3 rings (SSSR count). The maximum absolute atomic E-state index is 12.2. The van der Waals surface area contributed by atoms with E-state index in [1.807, 2.05) is 60.7 Å². The first-order valence-corrected chi connectivity index (χ1v) is 8.07. The molecule has 3 aromatic rings. The van der Waals surface area contributed by atoms with E-state index in [4.69, 9.17) is 9.15 Å². The van der Waals surface area contributed by atoms with Crippen LogP contribution in [0, 0.1) is 0 Å². The van der Waals surface area contributed by atoms with Crippen LogP contribution in [-0.2, 0) is 16.1 Å². The van der Waals surface area contributed by atoms with Gasteiger partial charge in [0.2, 0.25) is 5.55 Å². The van der Waals surface area contributed by atoms with Crippen molar-refractivity contribution >= 4 is 22.8 Å². The van der Waals surface area contributed by atoms with Gasteiger partial charge in [-0.15, -0.1) is 0 Å². The van der Waals surface area contributed by atoms with Crippen molar-refractivity contribution in [3.63, 3.8) is 0 Å². The Morgan fingerprint density at radius 3 is 2.68 bits per heavy atom. The molecular formula is C21H19NO3. The summed E-state index contributed by atoms with van der Waals surface area (Å²) in [7, 11) is 0. The second kappa shape index (κ2) is 7.62. The third kappa shape index (κ3) is 4.04. The van der Waals surface area contributed by atoms with Gasteiger partial charge in [0, 0.05) is 5.39 Å². The van der Waals surface area contributed by atoms with Gasteiger partial charge >= 0.3 is 5.97 Å². The summed E-state index contributed by atoms with van der Waals surface area (Å²) < 4.78 is 11.1. The van der Waals surface area contributed by atoms with Gasteiger partial charge in [-0.05, 0) is 36.1 Å². The second-order valence-electron chi connectivity index (χ2n) is 5.64. The number of hydrogen-bond donors (Lipinski definition) is 0. The van der Waals surface area contributed by atoms with Crippen LogP contribution in [0.1, 0.15) is 18.2 Å². The summed E-state index contributed by atoms with van der Waals surface area (Å²) in [6.07, 6.45) is 1.61. The fourth-order valence-electron chi connectivity index (χ4n) is 2.44. The highest BCUT2D eigenvalue weighted by molar-refractivity contribution is 5.82. The number of hydrogen-bond acceptors (Lipinski definition) is 4. The van der Waals surface area contributed by atoms with E-state index in [1.165, 1.54) is 0 Å². The minimum atomic E-state index is -0.670. The summed E-state index contributed by atoms with van der Waals surface area (Å²) in [6, 6.07) is 18.5. The number of benzene rings is 2. The maximum atomic E-state index is 12.2. The van der Waals surface area contributed by atoms with Crippen LogP contribution in [-0.4, -0.2) is 12.0 Å². The molecule has 0 aliphatic rings. The predicted molar refractivity (Wildman–Crippen MR) is 97.6 cm³/mol. The fourth-order valence-corrected chi connectivity index (χ4v) is 2.44. The lowest BCUT2D eigenvalue weighted by Gasteiger charge is -2.08. The molecule has 1 aromatic heterocycles. The quantitative estimate of drug-likeness (QED) is 0.660. The molecule has 2 aromatic carbocycles. The molecule has 0 spiro atoms. The first-order chi connectivity index (χ1) is 12.2. The molecule has 4 heteroatoms. The number of esters is 1. The van der Waals surface area contributed by atoms with Crippen molar-refractivity contribution in [1.29, 1.82) is 0 Å². The number of carbonyl (C=O) groups is 1. The van der Waals surface area contributed by atoms with E-state index < -0.39 is 12.0 Å². The van der Waals surface area contributed by atoms with Crippen molar-refractivity contribution in [3.8, 4) is 0 Å². The van der Waals surface area contributed by atoms with Gasteiger partial charge in [0.25, 0.3) is 0 Å². The van der Waals surface area contributed by atoms with Crippen LogP contribution in [0.3, 0.4) is 0 Å². The van der Waals surface area contributed by atoms with Crippen molar-refractivity contribution in [2.45, 2.75) is 19.6 Å². The van der Waals surface area contributed by atoms with Gasteiger partial charge in [0.05, 0.1) is 0 Å². The lowest BCUT2D eigenvalue weighted by molar-refractivity contribution is -0.146. The standard InChI is InChI=1S/C21H19NO3/c1-3-18-13-17-11-7-8-12-19(17)20(25-18)22-15(2)21(23)24-14-16-9-5-4-6-10-16/h3-13,15H,1,14H2,2H3. The minimum absolute atomic E-state index is 0.226. The molecule has 0 radical (unpaired) electrons. The zero-order valence-corrected chi connectivity index (χ0v) is 14.0. The Hall–Kier alpha value is -3.14. The van der Waals surface area contributed by atoms with Crippen molar-refractivity contribution < 1.29 is 13.9 Å². The number of carbonyl (C=O) groups excluding carboxylic acids is 1. The molecule has 1 unspecified atom stereocenters. The smallest absolute Gasteiger partial charge is 0.331 e. The molecule has 25 heavy (non-hydrogen) atoms. The molecule has 0 fully saturated rings. The highest BCUT2D eigenvalue weighted by Crippen LogP contribution is 2.13. The van der Waals surface area contributed by atoms with E-state index in [2.05, 4.69) is 11.6 Å². The maximum Gasteiger partial charge on any atom is 0.331 e. The Kier molecular flexibility index (Phi) is 5.09. The minimum Gasteiger partial charge on any atom is -0.459 e. The van der Waals surface area contributed by atoms with Gasteiger partial charge in [-0.1, -0.05) is 55.1 Å². The molecule has 1 atom stereocenters. The first-order valence-electron chi connectivity index (χ1n) is 8.07. The van der Waals surface area contributed by atoms with Crippen LogP contribution < -0.4 is 5.55 Å². The average Bonchev–Trinajstić information content (AvgIpc) is 2.66. The third-order valence-electron chi connectivity index (χ3n) is 3.78. The van der Waals surface area contributed by atoms with E-state index in [0.717, 1.165) is 16.3 Å². The van der Waals surface area contributed by atoms with Gasteiger partial charge in [-0.3, -0.25) is 0 Å². The molecule has 0 saturated heterocycles. The Labute approximate surface area is 146 Å². The van der Waals surface area contributed by atoms with E-state index in [0.29, 0.717) is 11.3 Å². The van der Waals surface area contributed by atoms with Gasteiger partial charge in [-0.25, -0.2) is 9.79 Å². The Bertz CT molecular complexity index is 958. The highest BCUT2D eigenvalue weighted by Gasteiger charge is 2.14. The number of nitrogens with zero attached hydrogens (tertiary/aromatic N) is 1. The molecule has 126 valence electrons. The van der Waals surface area contributed by atoms with E-state index in [1.54, 1.807) is 13.0 Å². The molecule has 0 N–H and O–H groups in total. The van der Waals surface area contributed by atoms with Crippen LogP contribution in [0.25, 0.3) is 16.8 Å². The van der Waals surface area contributed by atoms with Crippen molar-refractivity contribution in [2.75, 3.05) is 0 Å². The van der Waals surface area contributed by atoms with Crippen molar-refractivity contribution in [3.05, 3.63) is 84.1 Å². The largest absolute Gasteiger partial charge is 0.459 e. The molecule has 0 amide bonds. The highest BCUT2D eigenvalue weighted by atomic mass is 16.5. The predicted octanol–water partition coefficient (Wildman–Crippen LogP) is 4.11. The zero-order chi connectivity index (χ0) is 17.6. The summed E-state index contributed by atoms with van der Waals surface area (Å²) in [5.41, 5.74) is 1.34. The summed E-state index contributed by atoms with van der Waals surface area (Å²) in [5, 5.41) is 1.82. The average molecular weight is 333 g/mol. The zero-order valence-electron chi connectivity index (χ0n) is 14.0. The Morgan fingerprint density at radius 1 is 1.20 bits per heavy atom. The van der Waals surface area contributed by atoms with Crippen LogP contribution in [0.15, 0.2) is 76.7 Å². The van der Waals surface area contributed by atoms with Crippen LogP contribution in [0.4, 0.5) is 0 Å². The number of ether oxygens (including phenoxy) is 1. The van der Waals surface area contributed by atoms with E-state index in [9.17, 15) is 4.79 Å². The normalized spacial score (nSPS) is 12.8. The molecular weight excluding hydrogens is 314 g/mol. The number of rotatable bonds is 5. The summed E-state index contributed by atoms with van der Waals surface area (Å²) in [4.78, 5) is 16.7. The molecule has 0 aliphatic heterocycles. The fraction of sp³-hybridized carbons (Fsp3) is 0.143. The molecule has 0 bridgehead atoms. The molecule has 4 nitrogen and oxygen atoms in total. The Balaban J connectivity index is 1.85. The molecule has 1 heterocycles. The SMILES string of the molecule is C=Cc1cc2ccccc2c(=NC(C)C(=O)OCc2ccccc2)o1. The van der Waals surface area contributed by atoms with Gasteiger partial charge in [0.15, 0.2) is 0 Å². The Morgan fingerprint density at radius 2 is 1.92 bits per heavy atom. The van der Waals surface area contributed by atoms with Gasteiger partial charge < -0.3 is 9.15 Å². The molecule has 0 saturated carbocycles. The van der Waals surface area contributed by atoms with Crippen LogP contribution in [0.5, 0.6) is 0 Å². The topological polar surface area (TPSA) is 51.8 Å². The lowest BCUT2D eigenvalue weighted by atomic mass is 10.1. The summed E-state index contributed by atoms with van der Waals surface area (Å²) in [6.45, 7) is 5.65. The summed E-state index contributed by atoms with van der Waals surface area (Å²) >= 11 is 0. The lowest BCUT2D eigenvalue weighted by Crippen LogP contribution is -2.21. The molecule has 0 aliphatic carbocycles. The van der Waals surface area contributed by atoms with Crippen molar-refractivity contribution in [2.24, 2.45) is 4.99 Å². The second-order valence-corrected chi connectivity index (χ2v) is 5.64. The van der Waals surface area contributed by atoms with Crippen molar-refractivity contribution in [1.82, 2.24) is 0 Å². The van der Waals surface area contributed by atoms with Crippen LogP contribution in [0.2, 0.25) is 0 Å². The van der Waals surface area contributed by atoms with Gasteiger partial charge in [0.1, 0.15) is 18.4 Å².